The molecule has 0 fully saturated rings. The van der Waals surface area contributed by atoms with E-state index in [2.05, 4.69) is 27.3 Å². The Labute approximate surface area is 107 Å². The SMILES string of the molecule is COC(=O)C(O)CC(O)c1cccc(I)c1. The molecule has 4 nitrogen and oxygen atoms in total. The van der Waals surface area contributed by atoms with E-state index in [0.29, 0.717) is 5.56 Å². The highest BCUT2D eigenvalue weighted by Crippen LogP contribution is 2.20. The van der Waals surface area contributed by atoms with E-state index in [1.54, 1.807) is 12.1 Å². The number of hydrogen-bond acceptors (Lipinski definition) is 4. The topological polar surface area (TPSA) is 66.8 Å². The molecule has 0 radical (unpaired) electrons. The molecule has 0 aromatic heterocycles. The Morgan fingerprint density at radius 2 is 2.19 bits per heavy atom. The number of carbonyl (C=O) groups is 1. The predicted molar refractivity (Wildman–Crippen MR) is 66.8 cm³/mol. The van der Waals surface area contributed by atoms with Crippen molar-refractivity contribution in [3.05, 3.63) is 33.4 Å². The first kappa shape index (κ1) is 13.4. The van der Waals surface area contributed by atoms with E-state index in [1.807, 2.05) is 12.1 Å². The zero-order chi connectivity index (χ0) is 12.1. The Morgan fingerprint density at radius 1 is 1.50 bits per heavy atom. The number of aliphatic hydroxyl groups is 2. The Hall–Kier alpha value is -0.660. The summed E-state index contributed by atoms with van der Waals surface area (Å²) < 4.78 is 5.36. The van der Waals surface area contributed by atoms with Gasteiger partial charge in [-0.15, -0.1) is 0 Å². The van der Waals surface area contributed by atoms with E-state index in [0.717, 1.165) is 3.57 Å². The number of rotatable bonds is 4. The lowest BCUT2D eigenvalue weighted by Gasteiger charge is -2.14. The predicted octanol–water partition coefficient (Wildman–Crippen LogP) is 1.25. The maximum Gasteiger partial charge on any atom is 0.334 e. The molecule has 0 heterocycles. The van der Waals surface area contributed by atoms with Crippen molar-refractivity contribution in [3.63, 3.8) is 0 Å². The number of carbonyl (C=O) groups excluding carboxylic acids is 1. The summed E-state index contributed by atoms with van der Waals surface area (Å²) in [5.41, 5.74) is 0.676. The highest BCUT2D eigenvalue weighted by Gasteiger charge is 2.20. The monoisotopic (exact) mass is 336 g/mol. The van der Waals surface area contributed by atoms with Crippen molar-refractivity contribution in [2.45, 2.75) is 18.6 Å². The first-order valence-electron chi connectivity index (χ1n) is 4.74. The maximum absolute atomic E-state index is 11.0. The van der Waals surface area contributed by atoms with Gasteiger partial charge in [0.15, 0.2) is 6.10 Å². The molecule has 0 bridgehead atoms. The van der Waals surface area contributed by atoms with Crippen molar-refractivity contribution < 1.29 is 19.7 Å². The van der Waals surface area contributed by atoms with Crippen LogP contribution in [0, 0.1) is 3.57 Å². The standard InChI is InChI=1S/C11H13IO4/c1-16-11(15)10(14)6-9(13)7-3-2-4-8(12)5-7/h2-5,9-10,13-14H,6H2,1H3. The van der Waals surface area contributed by atoms with Gasteiger partial charge in [-0.1, -0.05) is 12.1 Å². The van der Waals surface area contributed by atoms with Crippen LogP contribution < -0.4 is 0 Å². The highest BCUT2D eigenvalue weighted by atomic mass is 127. The molecule has 2 atom stereocenters. The Kier molecular flexibility index (Phi) is 5.17. The third-order valence-corrected chi connectivity index (χ3v) is 2.82. The normalized spacial score (nSPS) is 14.2. The van der Waals surface area contributed by atoms with E-state index in [-0.39, 0.29) is 6.42 Å². The largest absolute Gasteiger partial charge is 0.467 e. The number of hydrogen-bond donors (Lipinski definition) is 2. The summed E-state index contributed by atoms with van der Waals surface area (Å²) >= 11 is 2.13. The fourth-order valence-corrected chi connectivity index (χ4v) is 1.86. The minimum atomic E-state index is -1.29. The van der Waals surface area contributed by atoms with Gasteiger partial charge in [-0.2, -0.15) is 0 Å². The van der Waals surface area contributed by atoms with Crippen molar-refractivity contribution in [2.24, 2.45) is 0 Å². The van der Waals surface area contributed by atoms with Gasteiger partial charge in [0.25, 0.3) is 0 Å². The van der Waals surface area contributed by atoms with Gasteiger partial charge in [-0.25, -0.2) is 4.79 Å². The van der Waals surface area contributed by atoms with Gasteiger partial charge >= 0.3 is 5.97 Å². The molecule has 0 aliphatic heterocycles. The zero-order valence-electron chi connectivity index (χ0n) is 8.76. The number of ether oxygens (including phenoxy) is 1. The van der Waals surface area contributed by atoms with Gasteiger partial charge in [0.05, 0.1) is 13.2 Å². The van der Waals surface area contributed by atoms with Crippen molar-refractivity contribution in [1.82, 2.24) is 0 Å². The fraction of sp³-hybridized carbons (Fsp3) is 0.364. The average Bonchev–Trinajstić information content (AvgIpc) is 2.27. The molecule has 0 aliphatic carbocycles. The highest BCUT2D eigenvalue weighted by molar-refractivity contribution is 14.1. The number of halogens is 1. The van der Waals surface area contributed by atoms with Crippen LogP contribution in [0.4, 0.5) is 0 Å². The molecule has 0 saturated heterocycles. The van der Waals surface area contributed by atoms with Crippen LogP contribution in [0.1, 0.15) is 18.1 Å². The second kappa shape index (κ2) is 6.17. The van der Waals surface area contributed by atoms with E-state index in [9.17, 15) is 15.0 Å². The Bertz CT molecular complexity index is 367. The molecule has 0 spiro atoms. The molecule has 0 amide bonds. The minimum Gasteiger partial charge on any atom is -0.467 e. The molecule has 0 aliphatic rings. The van der Waals surface area contributed by atoms with Crippen LogP contribution in [0.25, 0.3) is 0 Å². The first-order valence-corrected chi connectivity index (χ1v) is 5.82. The van der Waals surface area contributed by atoms with Crippen LogP contribution >= 0.6 is 22.6 Å². The number of esters is 1. The number of aliphatic hydroxyl groups excluding tert-OH is 2. The van der Waals surface area contributed by atoms with Crippen LogP contribution in [0.5, 0.6) is 0 Å². The molecule has 1 aromatic carbocycles. The lowest BCUT2D eigenvalue weighted by atomic mass is 10.0. The van der Waals surface area contributed by atoms with Crippen LogP contribution in [0.2, 0.25) is 0 Å². The molecular formula is C11H13IO4. The molecule has 5 heteroatoms. The quantitative estimate of drug-likeness (QED) is 0.642. The van der Waals surface area contributed by atoms with Gasteiger partial charge in [0.1, 0.15) is 0 Å². The summed E-state index contributed by atoms with van der Waals surface area (Å²) in [7, 11) is 1.20. The molecule has 1 aromatic rings. The second-order valence-electron chi connectivity index (χ2n) is 3.35. The summed E-state index contributed by atoms with van der Waals surface area (Å²) in [5.74, 6) is -0.732. The van der Waals surface area contributed by atoms with E-state index < -0.39 is 18.2 Å². The Balaban J connectivity index is 2.65. The Morgan fingerprint density at radius 3 is 2.75 bits per heavy atom. The summed E-state index contributed by atoms with van der Waals surface area (Å²) in [5, 5.41) is 19.2. The van der Waals surface area contributed by atoms with Crippen LogP contribution in [0.15, 0.2) is 24.3 Å². The maximum atomic E-state index is 11.0. The van der Waals surface area contributed by atoms with E-state index in [1.165, 1.54) is 7.11 Å². The van der Waals surface area contributed by atoms with Crippen LogP contribution in [-0.4, -0.2) is 29.4 Å². The second-order valence-corrected chi connectivity index (χ2v) is 4.59. The van der Waals surface area contributed by atoms with E-state index >= 15 is 0 Å². The van der Waals surface area contributed by atoms with Crippen LogP contribution in [0.3, 0.4) is 0 Å². The van der Waals surface area contributed by atoms with Gasteiger partial charge in [-0.3, -0.25) is 0 Å². The number of methoxy groups -OCH3 is 1. The fourth-order valence-electron chi connectivity index (χ4n) is 1.29. The smallest absolute Gasteiger partial charge is 0.334 e. The van der Waals surface area contributed by atoms with Crippen molar-refractivity contribution in [2.75, 3.05) is 7.11 Å². The van der Waals surface area contributed by atoms with Crippen molar-refractivity contribution >= 4 is 28.6 Å². The van der Waals surface area contributed by atoms with E-state index in [4.69, 9.17) is 0 Å². The van der Waals surface area contributed by atoms with Crippen LogP contribution in [-0.2, 0) is 9.53 Å². The molecular weight excluding hydrogens is 323 g/mol. The lowest BCUT2D eigenvalue weighted by molar-refractivity contribution is -0.152. The average molecular weight is 336 g/mol. The molecule has 2 unspecified atom stereocenters. The molecule has 88 valence electrons. The molecule has 1 rings (SSSR count). The molecule has 2 N–H and O–H groups in total. The summed E-state index contributed by atoms with van der Waals surface area (Å²) in [6.45, 7) is 0. The summed E-state index contributed by atoms with van der Waals surface area (Å²) in [6.07, 6.45) is -2.23. The van der Waals surface area contributed by atoms with Gasteiger partial charge in [0.2, 0.25) is 0 Å². The zero-order valence-corrected chi connectivity index (χ0v) is 10.9. The third kappa shape index (κ3) is 3.73. The van der Waals surface area contributed by atoms with Crippen molar-refractivity contribution in [1.29, 1.82) is 0 Å². The van der Waals surface area contributed by atoms with Gasteiger partial charge < -0.3 is 14.9 Å². The summed E-state index contributed by atoms with van der Waals surface area (Å²) in [4.78, 5) is 11.0. The number of benzene rings is 1. The third-order valence-electron chi connectivity index (χ3n) is 2.15. The lowest BCUT2D eigenvalue weighted by Crippen LogP contribution is -2.24. The molecule has 0 saturated carbocycles. The molecule has 16 heavy (non-hydrogen) atoms. The van der Waals surface area contributed by atoms with Crippen molar-refractivity contribution in [3.8, 4) is 0 Å². The first-order chi connectivity index (χ1) is 7.54. The van der Waals surface area contributed by atoms with Gasteiger partial charge in [-0.05, 0) is 40.3 Å². The minimum absolute atomic E-state index is 0.0627. The van der Waals surface area contributed by atoms with Gasteiger partial charge in [0, 0.05) is 9.99 Å². The summed E-state index contributed by atoms with van der Waals surface area (Å²) in [6, 6.07) is 7.25.